The lowest BCUT2D eigenvalue weighted by Crippen LogP contribution is -2.27. The van der Waals surface area contributed by atoms with Crippen LogP contribution in [0, 0.1) is 0 Å². The first-order valence-corrected chi connectivity index (χ1v) is 6.70. The minimum absolute atomic E-state index is 0.370. The van der Waals surface area contributed by atoms with Crippen molar-refractivity contribution in [1.82, 2.24) is 19.3 Å². The summed E-state index contributed by atoms with van der Waals surface area (Å²) in [5.74, 6) is -1.06. The highest BCUT2D eigenvalue weighted by Crippen LogP contribution is 2.20. The Morgan fingerprint density at radius 2 is 2.09 bits per heavy atom. The molecule has 0 radical (unpaired) electrons. The van der Waals surface area contributed by atoms with Crippen molar-refractivity contribution in [3.05, 3.63) is 47.3 Å². The van der Waals surface area contributed by atoms with Gasteiger partial charge in [0.25, 0.3) is 5.56 Å². The molecule has 112 valence electrons. The summed E-state index contributed by atoms with van der Waals surface area (Å²) in [5, 5.41) is 13.6. The number of nitrogens with zero attached hydrogens (tertiary/aromatic N) is 4. The number of aromatic nitrogens is 4. The SMILES string of the molecule is CC(C(=O)O)n1ccc2ncc(-c3cnn(C)c3)cc2c1=O. The van der Waals surface area contributed by atoms with Crippen molar-refractivity contribution in [2.24, 2.45) is 7.05 Å². The Balaban J connectivity index is 2.20. The van der Waals surface area contributed by atoms with Gasteiger partial charge in [-0.2, -0.15) is 5.10 Å². The van der Waals surface area contributed by atoms with Gasteiger partial charge in [0, 0.05) is 36.8 Å². The van der Waals surface area contributed by atoms with Gasteiger partial charge in [-0.25, -0.2) is 4.79 Å². The van der Waals surface area contributed by atoms with E-state index in [0.717, 1.165) is 11.1 Å². The van der Waals surface area contributed by atoms with Crippen molar-refractivity contribution >= 4 is 16.9 Å². The monoisotopic (exact) mass is 298 g/mol. The van der Waals surface area contributed by atoms with E-state index >= 15 is 0 Å². The number of fused-ring (bicyclic) bond motifs is 1. The Morgan fingerprint density at radius 3 is 2.73 bits per heavy atom. The second-order valence-electron chi connectivity index (χ2n) is 5.10. The molecule has 0 aliphatic heterocycles. The molecule has 0 amide bonds. The van der Waals surface area contributed by atoms with E-state index in [2.05, 4.69) is 10.1 Å². The number of hydrogen-bond acceptors (Lipinski definition) is 4. The molecule has 0 saturated heterocycles. The van der Waals surface area contributed by atoms with Crippen LogP contribution >= 0.6 is 0 Å². The smallest absolute Gasteiger partial charge is 0.326 e. The van der Waals surface area contributed by atoms with E-state index in [-0.39, 0.29) is 5.56 Å². The zero-order valence-corrected chi connectivity index (χ0v) is 12.1. The van der Waals surface area contributed by atoms with Crippen molar-refractivity contribution in [3.8, 4) is 11.1 Å². The molecule has 0 fully saturated rings. The maximum Gasteiger partial charge on any atom is 0.326 e. The molecule has 0 aromatic carbocycles. The predicted octanol–water partition coefficient (Wildman–Crippen LogP) is 1.44. The standard InChI is InChI=1S/C15H14N4O3/c1-9(15(21)22)19-4-3-13-12(14(19)20)5-10(6-16-13)11-7-17-18(2)8-11/h3-9H,1-2H3,(H,21,22). The van der Waals surface area contributed by atoms with Gasteiger partial charge in [0.05, 0.1) is 17.1 Å². The summed E-state index contributed by atoms with van der Waals surface area (Å²) >= 11 is 0. The van der Waals surface area contributed by atoms with E-state index in [1.165, 1.54) is 17.7 Å². The van der Waals surface area contributed by atoms with Crippen LogP contribution in [0.2, 0.25) is 0 Å². The molecule has 22 heavy (non-hydrogen) atoms. The lowest BCUT2D eigenvalue weighted by atomic mass is 10.1. The average Bonchev–Trinajstić information content (AvgIpc) is 2.93. The highest BCUT2D eigenvalue weighted by molar-refractivity contribution is 5.83. The van der Waals surface area contributed by atoms with Crippen molar-refractivity contribution in [1.29, 1.82) is 0 Å². The lowest BCUT2D eigenvalue weighted by Gasteiger charge is -2.11. The number of carboxylic acids is 1. The van der Waals surface area contributed by atoms with Crippen LogP contribution in [0.1, 0.15) is 13.0 Å². The molecule has 3 aromatic rings. The van der Waals surface area contributed by atoms with Crippen LogP contribution in [-0.2, 0) is 11.8 Å². The third kappa shape index (κ3) is 2.26. The minimum Gasteiger partial charge on any atom is -0.480 e. The second kappa shape index (κ2) is 5.10. The predicted molar refractivity (Wildman–Crippen MR) is 80.6 cm³/mol. The summed E-state index contributed by atoms with van der Waals surface area (Å²) in [4.78, 5) is 27.9. The Kier molecular flexibility index (Phi) is 3.25. The van der Waals surface area contributed by atoms with Crippen LogP contribution in [0.5, 0.6) is 0 Å². The summed E-state index contributed by atoms with van der Waals surface area (Å²) in [6.45, 7) is 1.47. The van der Waals surface area contributed by atoms with Gasteiger partial charge < -0.3 is 9.67 Å². The molecule has 0 spiro atoms. The number of carbonyl (C=O) groups is 1. The zero-order chi connectivity index (χ0) is 15.9. The second-order valence-corrected chi connectivity index (χ2v) is 5.10. The molecule has 3 heterocycles. The first-order valence-electron chi connectivity index (χ1n) is 6.70. The van der Waals surface area contributed by atoms with Gasteiger partial charge in [-0.3, -0.25) is 14.5 Å². The summed E-state index contributed by atoms with van der Waals surface area (Å²) in [7, 11) is 1.81. The number of aryl methyl sites for hydroxylation is 1. The van der Waals surface area contributed by atoms with Crippen molar-refractivity contribution in [2.45, 2.75) is 13.0 Å². The average molecular weight is 298 g/mol. The van der Waals surface area contributed by atoms with E-state index in [0.29, 0.717) is 10.9 Å². The van der Waals surface area contributed by atoms with Crippen molar-refractivity contribution in [3.63, 3.8) is 0 Å². The van der Waals surface area contributed by atoms with E-state index in [1.807, 2.05) is 6.20 Å². The van der Waals surface area contributed by atoms with E-state index in [9.17, 15) is 9.59 Å². The molecule has 7 heteroatoms. The molecule has 0 saturated carbocycles. The first kappa shape index (κ1) is 14.0. The Labute approximate surface area is 125 Å². The van der Waals surface area contributed by atoms with Crippen LogP contribution in [0.25, 0.3) is 22.0 Å². The van der Waals surface area contributed by atoms with Gasteiger partial charge in [-0.15, -0.1) is 0 Å². The third-order valence-corrected chi connectivity index (χ3v) is 3.59. The minimum atomic E-state index is -1.06. The molecule has 7 nitrogen and oxygen atoms in total. The van der Waals surface area contributed by atoms with Crippen LogP contribution in [-0.4, -0.2) is 30.4 Å². The highest BCUT2D eigenvalue weighted by atomic mass is 16.4. The van der Waals surface area contributed by atoms with E-state index < -0.39 is 12.0 Å². The maximum atomic E-state index is 12.5. The molecular formula is C15H14N4O3. The Bertz CT molecular complexity index is 926. The van der Waals surface area contributed by atoms with Crippen LogP contribution in [0.15, 0.2) is 41.7 Å². The molecule has 0 aliphatic carbocycles. The fourth-order valence-electron chi connectivity index (χ4n) is 2.29. The topological polar surface area (TPSA) is 90.0 Å². The summed E-state index contributed by atoms with van der Waals surface area (Å²) < 4.78 is 2.86. The number of rotatable bonds is 3. The number of aliphatic carboxylic acids is 1. The molecule has 3 aromatic heterocycles. The van der Waals surface area contributed by atoms with E-state index in [4.69, 9.17) is 5.11 Å². The lowest BCUT2D eigenvalue weighted by molar-refractivity contribution is -0.140. The first-order chi connectivity index (χ1) is 10.5. The Morgan fingerprint density at radius 1 is 1.32 bits per heavy atom. The molecule has 0 aliphatic rings. The molecule has 3 rings (SSSR count). The number of hydrogen-bond donors (Lipinski definition) is 1. The number of carboxylic acid groups (broad SMARTS) is 1. The zero-order valence-electron chi connectivity index (χ0n) is 12.1. The molecule has 0 bridgehead atoms. The van der Waals surface area contributed by atoms with Crippen molar-refractivity contribution < 1.29 is 9.90 Å². The Hall–Kier alpha value is -2.96. The normalized spacial score (nSPS) is 12.5. The van der Waals surface area contributed by atoms with Gasteiger partial charge in [0.1, 0.15) is 6.04 Å². The third-order valence-electron chi connectivity index (χ3n) is 3.59. The van der Waals surface area contributed by atoms with E-state index in [1.54, 1.807) is 36.3 Å². The quantitative estimate of drug-likeness (QED) is 0.790. The van der Waals surface area contributed by atoms with Crippen LogP contribution in [0.4, 0.5) is 0 Å². The van der Waals surface area contributed by atoms with Crippen LogP contribution in [0.3, 0.4) is 0 Å². The summed E-state index contributed by atoms with van der Waals surface area (Å²) in [6.07, 6.45) is 6.64. The fourth-order valence-corrected chi connectivity index (χ4v) is 2.29. The molecule has 1 atom stereocenters. The van der Waals surface area contributed by atoms with Gasteiger partial charge in [0.2, 0.25) is 0 Å². The van der Waals surface area contributed by atoms with Crippen LogP contribution < -0.4 is 5.56 Å². The van der Waals surface area contributed by atoms with Gasteiger partial charge >= 0.3 is 5.97 Å². The largest absolute Gasteiger partial charge is 0.480 e. The highest BCUT2D eigenvalue weighted by Gasteiger charge is 2.16. The van der Waals surface area contributed by atoms with Gasteiger partial charge in [-0.1, -0.05) is 0 Å². The number of pyridine rings is 2. The molecule has 1 unspecified atom stereocenters. The molecular weight excluding hydrogens is 284 g/mol. The van der Waals surface area contributed by atoms with Gasteiger partial charge in [-0.05, 0) is 19.1 Å². The van der Waals surface area contributed by atoms with Crippen molar-refractivity contribution in [2.75, 3.05) is 0 Å². The molecule has 1 N–H and O–H groups in total. The fraction of sp³-hybridized carbons (Fsp3) is 0.200. The maximum absolute atomic E-state index is 12.5. The summed E-state index contributed by atoms with van der Waals surface area (Å²) in [5.41, 5.74) is 1.77. The van der Waals surface area contributed by atoms with Gasteiger partial charge in [0.15, 0.2) is 0 Å². The summed E-state index contributed by atoms with van der Waals surface area (Å²) in [6, 6.07) is 2.43.